The van der Waals surface area contributed by atoms with Gasteiger partial charge in [-0.25, -0.2) is 0 Å². The molecule has 3 nitrogen and oxygen atoms in total. The van der Waals surface area contributed by atoms with Crippen molar-refractivity contribution in [3.8, 4) is 17.2 Å². The van der Waals surface area contributed by atoms with E-state index in [0.717, 1.165) is 46.1 Å². The molecule has 2 rings (SSSR count). The number of amides is 1. The molecule has 2 aromatic rings. The molecule has 0 fully saturated rings. The molecule has 4 heteroatoms. The van der Waals surface area contributed by atoms with Crippen LogP contribution in [0.15, 0.2) is 36.4 Å². The van der Waals surface area contributed by atoms with E-state index in [2.05, 4.69) is 43.6 Å². The number of nitrogens with one attached hydrogen (secondary N) is 1. The molecule has 0 heterocycles. The molecule has 0 saturated carbocycles. The van der Waals surface area contributed by atoms with Crippen LogP contribution in [0.25, 0.3) is 0 Å². The van der Waals surface area contributed by atoms with Crippen LogP contribution in [0.4, 0.5) is 0 Å². The number of carbonyl (C=O) groups excluding carboxylic acids is 1. The topological polar surface area (TPSA) is 38.3 Å². The standard InChI is InChI=1S/C25H33NO2Si/c1-7-29(8-2,9-3)15-14-23-20(5)16-19(4)17-24(23)25(27)26-18-21-10-12-22(28-6)13-11-21/h10-13,16-17H,7-9,18H2,1-6H3,(H,26,27). The third-order valence-corrected chi connectivity index (χ3v) is 10.5. The summed E-state index contributed by atoms with van der Waals surface area (Å²) in [5, 5.41) is 3.05. The van der Waals surface area contributed by atoms with Crippen LogP contribution in [0, 0.1) is 25.3 Å². The fraction of sp³-hybridized carbons (Fsp3) is 0.400. The molecule has 29 heavy (non-hydrogen) atoms. The van der Waals surface area contributed by atoms with E-state index in [1.54, 1.807) is 7.11 Å². The Morgan fingerprint density at radius 3 is 2.21 bits per heavy atom. The highest BCUT2D eigenvalue weighted by Gasteiger charge is 2.24. The van der Waals surface area contributed by atoms with Crippen LogP contribution in [0.3, 0.4) is 0 Å². The summed E-state index contributed by atoms with van der Waals surface area (Å²) in [5.41, 5.74) is 8.36. The van der Waals surface area contributed by atoms with Crippen LogP contribution in [0.2, 0.25) is 18.1 Å². The summed E-state index contributed by atoms with van der Waals surface area (Å²) in [5.74, 6) is 4.16. The highest BCUT2D eigenvalue weighted by molar-refractivity contribution is 6.87. The van der Waals surface area contributed by atoms with Crippen molar-refractivity contribution in [2.45, 2.75) is 59.3 Å². The van der Waals surface area contributed by atoms with E-state index in [-0.39, 0.29) is 5.91 Å². The number of aryl methyl sites for hydroxylation is 2. The second kappa shape index (κ2) is 10.3. The molecule has 0 aliphatic carbocycles. The Hall–Kier alpha value is -2.51. The fourth-order valence-electron chi connectivity index (χ4n) is 3.54. The van der Waals surface area contributed by atoms with Gasteiger partial charge in [-0.2, -0.15) is 0 Å². The molecule has 2 aromatic carbocycles. The van der Waals surface area contributed by atoms with Gasteiger partial charge in [-0.3, -0.25) is 4.79 Å². The van der Waals surface area contributed by atoms with Gasteiger partial charge in [0.25, 0.3) is 5.91 Å². The lowest BCUT2D eigenvalue weighted by molar-refractivity contribution is 0.0950. The van der Waals surface area contributed by atoms with E-state index < -0.39 is 8.07 Å². The predicted octanol–water partition coefficient (Wildman–Crippen LogP) is 5.64. The summed E-state index contributed by atoms with van der Waals surface area (Å²) in [7, 11) is 0.0661. The van der Waals surface area contributed by atoms with Crippen LogP contribution in [0.5, 0.6) is 5.75 Å². The molecule has 0 spiro atoms. The van der Waals surface area contributed by atoms with Gasteiger partial charge in [0.05, 0.1) is 12.7 Å². The minimum atomic E-state index is -1.58. The third kappa shape index (κ3) is 5.74. The largest absolute Gasteiger partial charge is 0.497 e. The molecule has 0 aliphatic rings. The van der Waals surface area contributed by atoms with Gasteiger partial charge in [0.2, 0.25) is 0 Å². The molecule has 154 valence electrons. The van der Waals surface area contributed by atoms with Gasteiger partial charge >= 0.3 is 0 Å². The first kappa shape index (κ1) is 22.8. The lowest BCUT2D eigenvalue weighted by Crippen LogP contribution is -2.29. The maximum absolute atomic E-state index is 13.0. The second-order valence-electron chi connectivity index (χ2n) is 7.63. The molecule has 0 aliphatic heterocycles. The normalized spacial score (nSPS) is 10.8. The Morgan fingerprint density at radius 1 is 1.03 bits per heavy atom. The van der Waals surface area contributed by atoms with Crippen LogP contribution in [-0.2, 0) is 6.54 Å². The van der Waals surface area contributed by atoms with Gasteiger partial charge in [-0.05, 0) is 66.9 Å². The number of rotatable bonds is 7. The van der Waals surface area contributed by atoms with Crippen LogP contribution >= 0.6 is 0 Å². The lowest BCUT2D eigenvalue weighted by atomic mass is 9.98. The molecule has 1 N–H and O–H groups in total. The summed E-state index contributed by atoms with van der Waals surface area (Å²) in [6.45, 7) is 11.3. The Morgan fingerprint density at radius 2 is 1.66 bits per heavy atom. The fourth-order valence-corrected chi connectivity index (χ4v) is 5.96. The summed E-state index contributed by atoms with van der Waals surface area (Å²) in [4.78, 5) is 13.0. The molecule has 0 radical (unpaired) electrons. The number of benzene rings is 2. The van der Waals surface area contributed by atoms with Crippen molar-refractivity contribution < 1.29 is 9.53 Å². The smallest absolute Gasteiger partial charge is 0.252 e. The quantitative estimate of drug-likeness (QED) is 0.476. The minimum Gasteiger partial charge on any atom is -0.497 e. The van der Waals surface area contributed by atoms with Crippen molar-refractivity contribution >= 4 is 14.0 Å². The highest BCUT2D eigenvalue weighted by atomic mass is 28.3. The van der Waals surface area contributed by atoms with Crippen LogP contribution in [-0.4, -0.2) is 21.1 Å². The van der Waals surface area contributed by atoms with Crippen LogP contribution in [0.1, 0.15) is 53.4 Å². The number of hydrogen-bond acceptors (Lipinski definition) is 2. The molecule has 0 bridgehead atoms. The third-order valence-electron chi connectivity index (χ3n) is 5.82. The molecule has 1 amide bonds. The van der Waals surface area contributed by atoms with E-state index in [0.29, 0.717) is 12.1 Å². The van der Waals surface area contributed by atoms with Gasteiger partial charge in [-0.1, -0.05) is 44.9 Å². The number of methoxy groups -OCH3 is 1. The zero-order valence-electron chi connectivity index (χ0n) is 18.6. The van der Waals surface area contributed by atoms with Gasteiger partial charge in [0.1, 0.15) is 13.8 Å². The first-order chi connectivity index (χ1) is 13.9. The zero-order chi connectivity index (χ0) is 21.4. The van der Waals surface area contributed by atoms with Crippen molar-refractivity contribution in [2.24, 2.45) is 0 Å². The summed E-state index contributed by atoms with van der Waals surface area (Å²) >= 11 is 0. The van der Waals surface area contributed by atoms with Gasteiger partial charge in [0, 0.05) is 12.1 Å². The Bertz CT molecular complexity index is 895. The van der Waals surface area contributed by atoms with E-state index in [1.165, 1.54) is 0 Å². The Labute approximate surface area is 176 Å². The second-order valence-corrected chi connectivity index (χ2v) is 12.6. The molecule has 0 unspecified atom stereocenters. The van der Waals surface area contributed by atoms with E-state index in [1.807, 2.05) is 44.2 Å². The van der Waals surface area contributed by atoms with Crippen LogP contribution < -0.4 is 10.1 Å². The van der Waals surface area contributed by atoms with Crippen molar-refractivity contribution in [2.75, 3.05) is 7.11 Å². The van der Waals surface area contributed by atoms with E-state index >= 15 is 0 Å². The van der Waals surface area contributed by atoms with E-state index in [4.69, 9.17) is 4.74 Å². The van der Waals surface area contributed by atoms with E-state index in [9.17, 15) is 4.79 Å². The number of ether oxygens (including phenoxy) is 1. The number of carbonyl (C=O) groups is 1. The van der Waals surface area contributed by atoms with Crippen molar-refractivity contribution in [3.05, 3.63) is 64.2 Å². The van der Waals surface area contributed by atoms with Gasteiger partial charge in [-0.15, -0.1) is 5.54 Å². The molecule has 0 aromatic heterocycles. The average Bonchev–Trinajstić information content (AvgIpc) is 2.74. The summed E-state index contributed by atoms with van der Waals surface area (Å²) < 4.78 is 5.19. The molecular formula is C25H33NO2Si. The summed E-state index contributed by atoms with van der Waals surface area (Å²) in [6.07, 6.45) is 0. The Kier molecular flexibility index (Phi) is 8.10. The highest BCUT2D eigenvalue weighted by Crippen LogP contribution is 2.21. The van der Waals surface area contributed by atoms with Gasteiger partial charge < -0.3 is 10.1 Å². The summed E-state index contributed by atoms with van der Waals surface area (Å²) in [6, 6.07) is 15.2. The number of hydrogen-bond donors (Lipinski definition) is 1. The molecule has 0 saturated heterocycles. The SMILES string of the molecule is CC[Si](C#Cc1c(C)cc(C)cc1C(=O)NCc1ccc(OC)cc1)(CC)CC. The monoisotopic (exact) mass is 407 g/mol. The molecule has 0 atom stereocenters. The minimum absolute atomic E-state index is 0.0753. The van der Waals surface area contributed by atoms with Gasteiger partial charge in [0.15, 0.2) is 0 Å². The maximum Gasteiger partial charge on any atom is 0.252 e. The Balaban J connectivity index is 2.30. The first-order valence-corrected chi connectivity index (χ1v) is 13.1. The average molecular weight is 408 g/mol. The predicted molar refractivity (Wildman–Crippen MR) is 124 cm³/mol. The van der Waals surface area contributed by atoms with Crippen molar-refractivity contribution in [1.29, 1.82) is 0 Å². The van der Waals surface area contributed by atoms with Crippen molar-refractivity contribution in [3.63, 3.8) is 0 Å². The molecular weight excluding hydrogens is 374 g/mol. The van der Waals surface area contributed by atoms with Crippen molar-refractivity contribution in [1.82, 2.24) is 5.32 Å². The maximum atomic E-state index is 13.0. The lowest BCUT2D eigenvalue weighted by Gasteiger charge is -2.20. The first-order valence-electron chi connectivity index (χ1n) is 10.4. The zero-order valence-corrected chi connectivity index (χ0v) is 19.6.